The van der Waals surface area contributed by atoms with Crippen LogP contribution in [0.5, 0.6) is 0 Å². The number of nitriles is 1. The fourth-order valence-corrected chi connectivity index (χ4v) is 2.71. The number of amides is 1. The maximum Gasteiger partial charge on any atom is 0.254 e. The molecule has 0 N–H and O–H groups in total. The number of halogens is 1. The fourth-order valence-electron chi connectivity index (χ4n) is 2.71. The Kier molecular flexibility index (Phi) is 4.66. The first-order chi connectivity index (χ1) is 11.7. The van der Waals surface area contributed by atoms with E-state index in [0.717, 1.165) is 13.0 Å². The lowest BCUT2D eigenvalue weighted by Crippen LogP contribution is -2.35. The lowest BCUT2D eigenvalue weighted by atomic mass is 10.2. The average molecular weight is 325 g/mol. The molecular formula is C17H16FN5O. The van der Waals surface area contributed by atoms with Crippen molar-refractivity contribution < 1.29 is 9.18 Å². The van der Waals surface area contributed by atoms with Gasteiger partial charge in [-0.15, -0.1) is 10.2 Å². The van der Waals surface area contributed by atoms with Gasteiger partial charge in [0, 0.05) is 31.7 Å². The van der Waals surface area contributed by atoms with Gasteiger partial charge in [-0.25, -0.2) is 4.39 Å². The molecule has 1 aliphatic rings. The monoisotopic (exact) mass is 325 g/mol. The molecule has 1 amide bonds. The van der Waals surface area contributed by atoms with Crippen molar-refractivity contribution in [1.82, 2.24) is 15.1 Å². The Morgan fingerprint density at radius 1 is 1.12 bits per heavy atom. The van der Waals surface area contributed by atoms with E-state index in [-0.39, 0.29) is 11.6 Å². The summed E-state index contributed by atoms with van der Waals surface area (Å²) in [4.78, 5) is 16.3. The number of carbonyl (C=O) groups excluding carboxylic acids is 1. The van der Waals surface area contributed by atoms with Gasteiger partial charge in [0.05, 0.1) is 0 Å². The molecule has 2 aromatic rings. The van der Waals surface area contributed by atoms with Crippen LogP contribution in [0, 0.1) is 17.1 Å². The first-order valence-corrected chi connectivity index (χ1v) is 7.71. The molecule has 0 radical (unpaired) electrons. The molecule has 0 aliphatic carbocycles. The molecule has 0 atom stereocenters. The molecule has 6 nitrogen and oxygen atoms in total. The molecule has 0 bridgehead atoms. The third kappa shape index (κ3) is 3.49. The zero-order valence-corrected chi connectivity index (χ0v) is 13.0. The van der Waals surface area contributed by atoms with Crippen molar-refractivity contribution in [2.75, 3.05) is 31.1 Å². The van der Waals surface area contributed by atoms with E-state index in [9.17, 15) is 9.18 Å². The molecule has 1 aromatic carbocycles. The van der Waals surface area contributed by atoms with E-state index in [1.165, 1.54) is 12.1 Å². The van der Waals surface area contributed by atoms with Crippen molar-refractivity contribution >= 4 is 11.7 Å². The number of hydrogen-bond acceptors (Lipinski definition) is 5. The summed E-state index contributed by atoms with van der Waals surface area (Å²) >= 11 is 0. The minimum Gasteiger partial charge on any atom is -0.353 e. The molecule has 2 heterocycles. The van der Waals surface area contributed by atoms with E-state index >= 15 is 0 Å². The first kappa shape index (κ1) is 15.9. The fraction of sp³-hybridized carbons (Fsp3) is 0.294. The van der Waals surface area contributed by atoms with Crippen LogP contribution in [0.4, 0.5) is 10.2 Å². The van der Waals surface area contributed by atoms with E-state index in [2.05, 4.69) is 10.2 Å². The molecule has 1 aliphatic heterocycles. The number of carbonyl (C=O) groups is 1. The van der Waals surface area contributed by atoms with E-state index in [4.69, 9.17) is 5.26 Å². The van der Waals surface area contributed by atoms with Crippen molar-refractivity contribution in [3.05, 3.63) is 53.5 Å². The summed E-state index contributed by atoms with van der Waals surface area (Å²) < 4.78 is 13.3. The van der Waals surface area contributed by atoms with Gasteiger partial charge >= 0.3 is 0 Å². The van der Waals surface area contributed by atoms with Gasteiger partial charge in [-0.1, -0.05) is 6.07 Å². The van der Waals surface area contributed by atoms with Crippen LogP contribution in [0.1, 0.15) is 22.5 Å². The summed E-state index contributed by atoms with van der Waals surface area (Å²) in [7, 11) is 0. The van der Waals surface area contributed by atoms with Crippen molar-refractivity contribution in [2.24, 2.45) is 0 Å². The second kappa shape index (κ2) is 7.04. The van der Waals surface area contributed by atoms with Crippen LogP contribution in [0.25, 0.3) is 0 Å². The van der Waals surface area contributed by atoms with Crippen molar-refractivity contribution in [1.29, 1.82) is 5.26 Å². The van der Waals surface area contributed by atoms with Crippen LogP contribution in [0.3, 0.4) is 0 Å². The molecule has 0 saturated carbocycles. The smallest absolute Gasteiger partial charge is 0.254 e. The van der Waals surface area contributed by atoms with Crippen molar-refractivity contribution in [3.63, 3.8) is 0 Å². The minimum atomic E-state index is -0.412. The zero-order chi connectivity index (χ0) is 16.9. The van der Waals surface area contributed by atoms with Crippen LogP contribution in [-0.4, -0.2) is 47.2 Å². The lowest BCUT2D eigenvalue weighted by Gasteiger charge is -2.22. The summed E-state index contributed by atoms with van der Waals surface area (Å²) in [5.74, 6) is 0.112. The van der Waals surface area contributed by atoms with Gasteiger partial charge < -0.3 is 9.80 Å². The summed E-state index contributed by atoms with van der Waals surface area (Å²) in [6.45, 7) is 2.49. The highest BCUT2D eigenvalue weighted by Crippen LogP contribution is 2.15. The molecule has 0 unspecified atom stereocenters. The number of anilines is 1. The van der Waals surface area contributed by atoms with Gasteiger partial charge in [0.15, 0.2) is 11.5 Å². The van der Waals surface area contributed by atoms with Crippen LogP contribution in [-0.2, 0) is 0 Å². The Bertz CT molecular complexity index is 771. The highest BCUT2D eigenvalue weighted by Gasteiger charge is 2.21. The van der Waals surface area contributed by atoms with Gasteiger partial charge in [-0.05, 0) is 36.8 Å². The molecule has 1 fully saturated rings. The number of benzene rings is 1. The topological polar surface area (TPSA) is 73.1 Å². The van der Waals surface area contributed by atoms with Crippen molar-refractivity contribution in [3.8, 4) is 6.07 Å². The Morgan fingerprint density at radius 3 is 2.71 bits per heavy atom. The summed E-state index contributed by atoms with van der Waals surface area (Å²) in [6, 6.07) is 11.1. The summed E-state index contributed by atoms with van der Waals surface area (Å²) in [5, 5.41) is 16.7. The molecule has 24 heavy (non-hydrogen) atoms. The Hall–Kier alpha value is -3.01. The lowest BCUT2D eigenvalue weighted by molar-refractivity contribution is 0.0766. The van der Waals surface area contributed by atoms with Crippen LogP contribution in [0.15, 0.2) is 36.4 Å². The largest absolute Gasteiger partial charge is 0.353 e. The summed E-state index contributed by atoms with van der Waals surface area (Å²) in [6.07, 6.45) is 0.780. The second-order valence-corrected chi connectivity index (χ2v) is 5.53. The Morgan fingerprint density at radius 2 is 2.00 bits per heavy atom. The van der Waals surface area contributed by atoms with Crippen LogP contribution in [0.2, 0.25) is 0 Å². The van der Waals surface area contributed by atoms with E-state index in [1.807, 2.05) is 11.0 Å². The zero-order valence-electron chi connectivity index (χ0n) is 13.0. The number of nitrogens with zero attached hydrogens (tertiary/aromatic N) is 5. The normalized spacial score (nSPS) is 14.8. The highest BCUT2D eigenvalue weighted by molar-refractivity contribution is 5.94. The number of rotatable bonds is 2. The molecule has 3 rings (SSSR count). The predicted octanol–water partition coefficient (Wildman–Crippen LogP) is 1.84. The van der Waals surface area contributed by atoms with Gasteiger partial charge in [0.25, 0.3) is 5.91 Å². The number of aromatic nitrogens is 2. The Labute approximate surface area is 139 Å². The van der Waals surface area contributed by atoms with E-state index < -0.39 is 5.82 Å². The quantitative estimate of drug-likeness (QED) is 0.842. The maximum atomic E-state index is 13.3. The SMILES string of the molecule is N#Cc1ccc(N2CCCN(C(=O)c3cccc(F)c3)CC2)nn1. The average Bonchev–Trinajstić information content (AvgIpc) is 2.87. The molecule has 1 saturated heterocycles. The van der Waals surface area contributed by atoms with E-state index in [1.54, 1.807) is 29.2 Å². The van der Waals surface area contributed by atoms with Crippen molar-refractivity contribution in [2.45, 2.75) is 6.42 Å². The Balaban J connectivity index is 1.68. The van der Waals surface area contributed by atoms with Gasteiger partial charge in [0.2, 0.25) is 0 Å². The van der Waals surface area contributed by atoms with Crippen LogP contribution >= 0.6 is 0 Å². The third-order valence-electron chi connectivity index (χ3n) is 3.94. The summed E-state index contributed by atoms with van der Waals surface area (Å²) in [5.41, 5.74) is 0.637. The third-order valence-corrected chi connectivity index (χ3v) is 3.94. The van der Waals surface area contributed by atoms with Gasteiger partial charge in [-0.2, -0.15) is 5.26 Å². The second-order valence-electron chi connectivity index (χ2n) is 5.53. The molecular weight excluding hydrogens is 309 g/mol. The standard InChI is InChI=1S/C17H16FN5O/c18-14-4-1-3-13(11-14)17(24)23-8-2-7-22(9-10-23)16-6-5-15(12-19)20-21-16/h1,3-6,11H,2,7-10H2. The number of hydrogen-bond donors (Lipinski definition) is 0. The van der Waals surface area contributed by atoms with Gasteiger partial charge in [-0.3, -0.25) is 4.79 Å². The van der Waals surface area contributed by atoms with Gasteiger partial charge in [0.1, 0.15) is 11.9 Å². The molecule has 1 aromatic heterocycles. The highest BCUT2D eigenvalue weighted by atomic mass is 19.1. The maximum absolute atomic E-state index is 13.3. The molecule has 7 heteroatoms. The molecule has 122 valence electrons. The molecule has 0 spiro atoms. The van der Waals surface area contributed by atoms with Crippen LogP contribution < -0.4 is 4.90 Å². The minimum absolute atomic E-state index is 0.165. The van der Waals surface area contributed by atoms with E-state index in [0.29, 0.717) is 31.0 Å². The first-order valence-electron chi connectivity index (χ1n) is 7.71. The predicted molar refractivity (Wildman–Crippen MR) is 85.9 cm³/mol.